The molecule has 0 saturated carbocycles. The van der Waals surface area contributed by atoms with Gasteiger partial charge in [0.1, 0.15) is 11.4 Å². The molecule has 0 radical (unpaired) electrons. The lowest BCUT2D eigenvalue weighted by molar-refractivity contribution is -0.385. The van der Waals surface area contributed by atoms with E-state index >= 15 is 0 Å². The Morgan fingerprint density at radius 2 is 1.89 bits per heavy atom. The predicted molar refractivity (Wildman–Crippen MR) is 67.4 cm³/mol. The number of hydrogen-bond acceptors (Lipinski definition) is 3. The van der Waals surface area contributed by atoms with E-state index in [9.17, 15) is 23.3 Å². The Morgan fingerprint density at radius 1 is 1.37 bits per heavy atom. The van der Waals surface area contributed by atoms with E-state index in [1.165, 1.54) is 0 Å². The number of nitrogens with zero attached hydrogens (tertiary/aromatic N) is 1. The SMILES string of the molecule is O=[N+]([O-])c1cc(Cl)c(Cl)cc1OCC(Br)C(F)(F)F. The maximum atomic E-state index is 12.2. The zero-order valence-corrected chi connectivity index (χ0v) is 12.0. The molecule has 4 nitrogen and oxygen atoms in total. The molecule has 0 N–H and O–H groups in total. The Balaban J connectivity index is 2.95. The molecule has 1 rings (SSSR count). The number of hydrogen-bond donors (Lipinski definition) is 0. The summed E-state index contributed by atoms with van der Waals surface area (Å²) in [5, 5.41) is 10.6. The summed E-state index contributed by atoms with van der Waals surface area (Å²) in [4.78, 5) is 7.94. The highest BCUT2D eigenvalue weighted by molar-refractivity contribution is 9.09. The highest BCUT2D eigenvalue weighted by Crippen LogP contribution is 2.36. The molecule has 10 heteroatoms. The number of ether oxygens (including phenoxy) is 1. The van der Waals surface area contributed by atoms with Gasteiger partial charge >= 0.3 is 11.9 Å². The highest BCUT2D eigenvalue weighted by atomic mass is 79.9. The van der Waals surface area contributed by atoms with E-state index in [0.717, 1.165) is 12.1 Å². The molecule has 0 fully saturated rings. The van der Waals surface area contributed by atoms with Gasteiger partial charge in [-0.1, -0.05) is 39.1 Å². The summed E-state index contributed by atoms with van der Waals surface area (Å²) >= 11 is 13.6. The predicted octanol–water partition coefficient (Wildman–Crippen LogP) is 4.61. The molecule has 0 saturated heterocycles. The Bertz CT molecular complexity index is 498. The average Bonchev–Trinajstić information content (AvgIpc) is 2.28. The highest BCUT2D eigenvalue weighted by Gasteiger charge is 2.38. The summed E-state index contributed by atoms with van der Waals surface area (Å²) in [5.41, 5.74) is -0.559. The van der Waals surface area contributed by atoms with Crippen LogP contribution in [0.2, 0.25) is 10.0 Å². The van der Waals surface area contributed by atoms with Crippen LogP contribution >= 0.6 is 39.1 Å². The van der Waals surface area contributed by atoms with Crippen LogP contribution in [0.15, 0.2) is 12.1 Å². The van der Waals surface area contributed by atoms with Gasteiger partial charge in [0.05, 0.1) is 15.0 Å². The fourth-order valence-electron chi connectivity index (χ4n) is 1.03. The molecular weight excluding hydrogens is 378 g/mol. The standard InChI is InChI=1S/C9H5BrCl2F3NO3/c10-8(9(13,14)15)3-19-7-2-5(12)4(11)1-6(7)16(17)18/h1-2,8H,3H2. The van der Waals surface area contributed by atoms with Crippen molar-refractivity contribution in [3.05, 3.63) is 32.3 Å². The Labute approximate surface area is 123 Å². The zero-order chi connectivity index (χ0) is 14.8. The number of nitro benzene ring substituents is 1. The largest absolute Gasteiger partial charge is 0.485 e. The molecule has 1 atom stereocenters. The van der Waals surface area contributed by atoms with Gasteiger partial charge in [-0.25, -0.2) is 0 Å². The average molecular weight is 383 g/mol. The van der Waals surface area contributed by atoms with Crippen LogP contribution in [0.4, 0.5) is 18.9 Å². The van der Waals surface area contributed by atoms with Crippen molar-refractivity contribution in [2.24, 2.45) is 0 Å². The van der Waals surface area contributed by atoms with E-state index in [1.807, 2.05) is 0 Å². The number of rotatable bonds is 4. The van der Waals surface area contributed by atoms with Crippen LogP contribution in [-0.2, 0) is 0 Å². The number of alkyl halides is 4. The number of nitro groups is 1. The van der Waals surface area contributed by atoms with Crippen LogP contribution < -0.4 is 4.74 Å². The van der Waals surface area contributed by atoms with Gasteiger partial charge < -0.3 is 4.74 Å². The molecule has 0 amide bonds. The van der Waals surface area contributed by atoms with Gasteiger partial charge in [-0.15, -0.1) is 0 Å². The summed E-state index contributed by atoms with van der Waals surface area (Å²) in [6, 6.07) is 1.91. The first-order chi connectivity index (χ1) is 8.62. The molecule has 1 unspecified atom stereocenters. The van der Waals surface area contributed by atoms with Crippen molar-refractivity contribution >= 4 is 44.8 Å². The first-order valence-corrected chi connectivity index (χ1v) is 6.27. The Kier molecular flexibility index (Phi) is 5.28. The molecule has 1 aromatic carbocycles. The Morgan fingerprint density at radius 3 is 2.37 bits per heavy atom. The summed E-state index contributed by atoms with van der Waals surface area (Å²) in [6.07, 6.45) is -4.52. The van der Waals surface area contributed by atoms with Gasteiger partial charge in [0.25, 0.3) is 0 Å². The maximum absolute atomic E-state index is 12.2. The molecule has 106 valence electrons. The molecule has 0 aromatic heterocycles. The van der Waals surface area contributed by atoms with Gasteiger partial charge in [-0.2, -0.15) is 13.2 Å². The fourth-order valence-corrected chi connectivity index (χ4v) is 1.48. The van der Waals surface area contributed by atoms with Crippen LogP contribution in [0, 0.1) is 10.1 Å². The van der Waals surface area contributed by atoms with Crippen LogP contribution in [0.1, 0.15) is 0 Å². The zero-order valence-electron chi connectivity index (χ0n) is 8.88. The van der Waals surface area contributed by atoms with Gasteiger partial charge in [0.2, 0.25) is 0 Å². The van der Waals surface area contributed by atoms with E-state index in [-0.39, 0.29) is 15.8 Å². The third-order valence-corrected chi connectivity index (χ3v) is 3.44. The van der Waals surface area contributed by atoms with Gasteiger partial charge in [-0.05, 0) is 0 Å². The third kappa shape index (κ3) is 4.39. The van der Waals surface area contributed by atoms with Crippen molar-refractivity contribution in [1.82, 2.24) is 0 Å². The lowest BCUT2D eigenvalue weighted by atomic mass is 10.3. The smallest absolute Gasteiger partial charge is 0.404 e. The van der Waals surface area contributed by atoms with Crippen LogP contribution in [0.25, 0.3) is 0 Å². The molecular formula is C9H5BrCl2F3NO3. The molecule has 0 spiro atoms. The molecule has 0 aliphatic heterocycles. The summed E-state index contributed by atoms with van der Waals surface area (Å²) < 4.78 is 41.5. The summed E-state index contributed by atoms with van der Waals surface area (Å²) in [7, 11) is 0. The topological polar surface area (TPSA) is 52.4 Å². The third-order valence-electron chi connectivity index (χ3n) is 1.94. The lowest BCUT2D eigenvalue weighted by Gasteiger charge is -2.15. The van der Waals surface area contributed by atoms with Crippen molar-refractivity contribution < 1.29 is 22.8 Å². The monoisotopic (exact) mass is 381 g/mol. The minimum atomic E-state index is -4.52. The van der Waals surface area contributed by atoms with Crippen LogP contribution in [0.3, 0.4) is 0 Å². The van der Waals surface area contributed by atoms with Crippen molar-refractivity contribution in [2.75, 3.05) is 6.61 Å². The summed E-state index contributed by atoms with van der Waals surface area (Å²) in [6.45, 7) is -0.831. The van der Waals surface area contributed by atoms with E-state index in [0.29, 0.717) is 0 Å². The first kappa shape index (κ1) is 16.3. The van der Waals surface area contributed by atoms with Crippen molar-refractivity contribution in [2.45, 2.75) is 11.0 Å². The van der Waals surface area contributed by atoms with Gasteiger partial charge in [0.15, 0.2) is 5.75 Å². The van der Waals surface area contributed by atoms with E-state index in [1.54, 1.807) is 0 Å². The minimum absolute atomic E-state index is 0.0552. The first-order valence-electron chi connectivity index (χ1n) is 4.60. The van der Waals surface area contributed by atoms with E-state index in [4.69, 9.17) is 27.9 Å². The van der Waals surface area contributed by atoms with Crippen molar-refractivity contribution in [3.63, 3.8) is 0 Å². The number of benzene rings is 1. The van der Waals surface area contributed by atoms with Gasteiger partial charge in [-0.3, -0.25) is 10.1 Å². The van der Waals surface area contributed by atoms with Crippen LogP contribution in [-0.4, -0.2) is 22.5 Å². The maximum Gasteiger partial charge on any atom is 0.404 e. The Hall–Kier alpha value is -0.730. The molecule has 0 heterocycles. The normalized spacial score (nSPS) is 13.2. The molecule has 0 aliphatic carbocycles. The second kappa shape index (κ2) is 6.15. The fraction of sp³-hybridized carbons (Fsp3) is 0.333. The van der Waals surface area contributed by atoms with Crippen LogP contribution in [0.5, 0.6) is 5.75 Å². The van der Waals surface area contributed by atoms with Gasteiger partial charge in [0, 0.05) is 12.1 Å². The van der Waals surface area contributed by atoms with Crippen molar-refractivity contribution in [3.8, 4) is 5.75 Å². The molecule has 19 heavy (non-hydrogen) atoms. The molecule has 0 aliphatic rings. The second-order valence-electron chi connectivity index (χ2n) is 3.31. The minimum Gasteiger partial charge on any atom is -0.485 e. The summed E-state index contributed by atoms with van der Waals surface area (Å²) in [5.74, 6) is -0.381. The van der Waals surface area contributed by atoms with E-state index in [2.05, 4.69) is 15.9 Å². The molecule has 0 bridgehead atoms. The van der Waals surface area contributed by atoms with Crippen molar-refractivity contribution in [1.29, 1.82) is 0 Å². The number of halogens is 6. The quantitative estimate of drug-likeness (QED) is 0.434. The van der Waals surface area contributed by atoms with E-state index < -0.39 is 28.2 Å². The second-order valence-corrected chi connectivity index (χ2v) is 5.23. The molecule has 1 aromatic rings. The lowest BCUT2D eigenvalue weighted by Crippen LogP contribution is -2.29.